The van der Waals surface area contributed by atoms with Gasteiger partial charge in [0.05, 0.1) is 30.2 Å². The van der Waals surface area contributed by atoms with Crippen molar-refractivity contribution in [2.24, 2.45) is 5.92 Å². The summed E-state index contributed by atoms with van der Waals surface area (Å²) in [6.45, 7) is 2.58. The van der Waals surface area contributed by atoms with E-state index < -0.39 is 18.2 Å². The Labute approximate surface area is 179 Å². The predicted octanol–water partition coefficient (Wildman–Crippen LogP) is 6.42. The molecule has 0 radical (unpaired) electrons. The molecule has 0 spiro atoms. The zero-order valence-electron chi connectivity index (χ0n) is 17.4. The number of unbranched alkanes of at least 4 members (excludes halogenated alkanes) is 5. The second-order valence-corrected chi connectivity index (χ2v) is 8.84. The molecule has 9 heteroatoms. The topological polar surface area (TPSA) is 62.8 Å². The molecule has 1 saturated carbocycles. The molecule has 0 saturated heterocycles. The lowest BCUT2D eigenvalue weighted by Crippen LogP contribution is -2.44. The molecule has 1 fully saturated rings. The molecule has 3 rings (SSSR count). The van der Waals surface area contributed by atoms with Gasteiger partial charge in [0.1, 0.15) is 5.69 Å². The first-order valence-electron chi connectivity index (χ1n) is 10.9. The van der Waals surface area contributed by atoms with Gasteiger partial charge in [0, 0.05) is 18.0 Å². The fraction of sp³-hybridized carbons (Fsp3) is 0.714. The van der Waals surface area contributed by atoms with Gasteiger partial charge in [0.15, 0.2) is 5.13 Å². The van der Waals surface area contributed by atoms with Crippen molar-refractivity contribution in [1.29, 1.82) is 0 Å². The van der Waals surface area contributed by atoms with Gasteiger partial charge in [0.2, 0.25) is 0 Å². The number of ether oxygens (including phenoxy) is 1. The van der Waals surface area contributed by atoms with E-state index in [2.05, 4.69) is 27.2 Å². The van der Waals surface area contributed by atoms with Gasteiger partial charge in [-0.3, -0.25) is 0 Å². The molecule has 168 valence electrons. The van der Waals surface area contributed by atoms with Crippen LogP contribution in [0, 0.1) is 5.92 Å². The van der Waals surface area contributed by atoms with Crippen molar-refractivity contribution in [3.63, 3.8) is 0 Å². The number of alkyl halides is 3. The van der Waals surface area contributed by atoms with Gasteiger partial charge in [-0.25, -0.2) is 9.97 Å². The summed E-state index contributed by atoms with van der Waals surface area (Å²) in [4.78, 5) is 11.4. The maximum Gasteiger partial charge on any atom is 0.394 e. The summed E-state index contributed by atoms with van der Waals surface area (Å²) in [5.41, 5.74) is 1.53. The third kappa shape index (κ3) is 6.70. The molecule has 2 aromatic rings. The number of halogens is 3. The molecule has 0 aromatic carbocycles. The lowest BCUT2D eigenvalue weighted by Gasteiger charge is -2.37. The summed E-state index contributed by atoms with van der Waals surface area (Å²) in [5.74, 6) is -1.43. The highest BCUT2D eigenvalue weighted by Gasteiger charge is 2.48. The molecule has 0 aliphatic heterocycles. The minimum absolute atomic E-state index is 0.0175. The van der Waals surface area contributed by atoms with Crippen LogP contribution in [0.1, 0.15) is 64.7 Å². The van der Waals surface area contributed by atoms with Crippen LogP contribution in [0.5, 0.6) is 0 Å². The molecule has 3 unspecified atom stereocenters. The van der Waals surface area contributed by atoms with E-state index in [1.54, 1.807) is 12.5 Å². The lowest BCUT2D eigenvalue weighted by molar-refractivity contribution is -0.216. The van der Waals surface area contributed by atoms with Crippen LogP contribution in [-0.2, 0) is 4.74 Å². The third-order valence-corrected chi connectivity index (χ3v) is 6.42. The first-order valence-corrected chi connectivity index (χ1v) is 11.7. The molecule has 3 atom stereocenters. The van der Waals surface area contributed by atoms with Crippen molar-refractivity contribution in [2.75, 3.05) is 11.9 Å². The number of H-pyrrole nitrogens is 1. The van der Waals surface area contributed by atoms with Crippen LogP contribution in [0.4, 0.5) is 18.3 Å². The van der Waals surface area contributed by atoms with Crippen molar-refractivity contribution in [2.45, 2.75) is 83.0 Å². The van der Waals surface area contributed by atoms with Gasteiger partial charge in [0.25, 0.3) is 0 Å². The number of anilines is 1. The van der Waals surface area contributed by atoms with Crippen LogP contribution in [0.2, 0.25) is 0 Å². The number of imidazole rings is 1. The second-order valence-electron chi connectivity index (χ2n) is 7.98. The highest BCUT2D eigenvalue weighted by atomic mass is 32.1. The van der Waals surface area contributed by atoms with Gasteiger partial charge in [-0.15, -0.1) is 11.3 Å². The molecule has 30 heavy (non-hydrogen) atoms. The number of hydrogen-bond acceptors (Lipinski definition) is 5. The van der Waals surface area contributed by atoms with Crippen LogP contribution < -0.4 is 5.32 Å². The number of nitrogens with one attached hydrogen (secondary N) is 2. The van der Waals surface area contributed by atoms with Gasteiger partial charge < -0.3 is 15.0 Å². The van der Waals surface area contributed by atoms with Crippen LogP contribution in [0.25, 0.3) is 11.4 Å². The number of aromatic amines is 1. The first-order chi connectivity index (χ1) is 14.5. The monoisotopic (exact) mass is 444 g/mol. The number of nitrogens with zero attached hydrogens (tertiary/aromatic N) is 2. The molecule has 2 N–H and O–H groups in total. The van der Waals surface area contributed by atoms with E-state index in [0.717, 1.165) is 30.7 Å². The maximum atomic E-state index is 13.7. The number of rotatable bonds is 11. The molecule has 0 bridgehead atoms. The Morgan fingerprint density at radius 1 is 1.20 bits per heavy atom. The Morgan fingerprint density at radius 2 is 2.00 bits per heavy atom. The Morgan fingerprint density at radius 3 is 2.73 bits per heavy atom. The van der Waals surface area contributed by atoms with E-state index in [-0.39, 0.29) is 12.5 Å². The Balaban J connectivity index is 1.48. The van der Waals surface area contributed by atoms with Crippen LogP contribution in [0.15, 0.2) is 17.9 Å². The van der Waals surface area contributed by atoms with Crippen molar-refractivity contribution in [3.05, 3.63) is 17.9 Å². The molecule has 2 heterocycles. The van der Waals surface area contributed by atoms with Crippen LogP contribution in [-0.4, -0.2) is 39.9 Å². The summed E-state index contributed by atoms with van der Waals surface area (Å²) >= 11 is 1.39. The molecule has 1 aliphatic carbocycles. The van der Waals surface area contributed by atoms with Gasteiger partial charge in [-0.05, 0) is 25.7 Å². The summed E-state index contributed by atoms with van der Waals surface area (Å²) in [5, 5.41) is 5.70. The third-order valence-electron chi connectivity index (χ3n) is 5.64. The van der Waals surface area contributed by atoms with E-state index >= 15 is 0 Å². The minimum atomic E-state index is -4.25. The van der Waals surface area contributed by atoms with E-state index in [0.29, 0.717) is 24.6 Å². The Bertz CT molecular complexity index is 735. The lowest BCUT2D eigenvalue weighted by atomic mass is 9.82. The average molecular weight is 445 g/mol. The largest absolute Gasteiger partial charge is 0.394 e. The normalized spacial score (nSPS) is 22.3. The summed E-state index contributed by atoms with van der Waals surface area (Å²) in [6, 6.07) is -0.258. The zero-order chi connectivity index (χ0) is 21.4. The molecule has 2 aromatic heterocycles. The molecule has 0 amide bonds. The molecular weight excluding hydrogens is 413 g/mol. The Hall–Kier alpha value is -1.61. The zero-order valence-corrected chi connectivity index (χ0v) is 18.2. The number of thiazole rings is 1. The summed E-state index contributed by atoms with van der Waals surface area (Å²) in [7, 11) is 0. The van der Waals surface area contributed by atoms with Crippen molar-refractivity contribution in [1.82, 2.24) is 15.0 Å². The average Bonchev–Trinajstić information content (AvgIpc) is 3.39. The SMILES string of the molecule is CCCCCCCCOC1CCC(Nc2nc(-c3cnc[nH]3)cs2)CC1C(F)(F)F. The van der Waals surface area contributed by atoms with E-state index in [4.69, 9.17) is 4.74 Å². The van der Waals surface area contributed by atoms with Gasteiger partial charge in [-0.1, -0.05) is 39.0 Å². The maximum absolute atomic E-state index is 13.7. The fourth-order valence-electron chi connectivity index (χ4n) is 3.97. The molecular formula is C21H31F3N4OS. The summed E-state index contributed by atoms with van der Waals surface area (Å²) in [6.07, 6.45) is 5.91. The predicted molar refractivity (Wildman–Crippen MR) is 114 cm³/mol. The first kappa shape index (κ1) is 23.1. The van der Waals surface area contributed by atoms with Crippen LogP contribution >= 0.6 is 11.3 Å². The number of aromatic nitrogens is 3. The second kappa shape index (κ2) is 11.1. The van der Waals surface area contributed by atoms with Gasteiger partial charge >= 0.3 is 6.18 Å². The summed E-state index contributed by atoms with van der Waals surface area (Å²) < 4.78 is 46.7. The Kier molecular flexibility index (Phi) is 8.56. The molecule has 5 nitrogen and oxygen atoms in total. The van der Waals surface area contributed by atoms with E-state index in [9.17, 15) is 13.2 Å². The smallest absolute Gasteiger partial charge is 0.378 e. The van der Waals surface area contributed by atoms with Gasteiger partial charge in [-0.2, -0.15) is 13.2 Å². The highest BCUT2D eigenvalue weighted by Crippen LogP contribution is 2.40. The quantitative estimate of drug-likeness (QED) is 0.393. The van der Waals surface area contributed by atoms with E-state index in [1.165, 1.54) is 30.6 Å². The molecule has 1 aliphatic rings. The van der Waals surface area contributed by atoms with E-state index in [1.807, 2.05) is 5.38 Å². The van der Waals surface area contributed by atoms with Crippen LogP contribution in [0.3, 0.4) is 0 Å². The highest BCUT2D eigenvalue weighted by molar-refractivity contribution is 7.14. The van der Waals surface area contributed by atoms with Crippen molar-refractivity contribution in [3.8, 4) is 11.4 Å². The number of hydrogen-bond donors (Lipinski definition) is 2. The standard InChI is InChI=1S/C21H31F3N4OS/c1-2-3-4-5-6-7-10-29-19-9-8-15(11-16(19)21(22,23)24)27-20-28-18(13-30-20)17-12-25-14-26-17/h12-16,19H,2-11H2,1H3,(H,25,26)(H,27,28). The van der Waals surface area contributed by atoms with Crippen molar-refractivity contribution >= 4 is 16.5 Å². The van der Waals surface area contributed by atoms with Crippen molar-refractivity contribution < 1.29 is 17.9 Å². The fourth-order valence-corrected chi connectivity index (χ4v) is 4.76. The minimum Gasteiger partial charge on any atom is -0.378 e.